The molecule has 0 aliphatic carbocycles. The van der Waals surface area contributed by atoms with E-state index in [9.17, 15) is 12.8 Å². The summed E-state index contributed by atoms with van der Waals surface area (Å²) in [6.45, 7) is 0. The van der Waals surface area contributed by atoms with Crippen LogP contribution < -0.4 is 5.73 Å². The first-order valence-electron chi connectivity index (χ1n) is 4.88. The standard InChI is InChI=1S/C10H12FNO2S2/c11-9-5-7(12)1-2-10(9)15-8-3-4-16(13,14)6-8/h1-2,5,8H,3-4,6,12H2. The molecule has 0 aromatic heterocycles. The maximum Gasteiger partial charge on any atom is 0.151 e. The number of thioether (sulfide) groups is 1. The van der Waals surface area contributed by atoms with Crippen molar-refractivity contribution in [2.45, 2.75) is 16.6 Å². The summed E-state index contributed by atoms with van der Waals surface area (Å²) in [5.74, 6) is -0.0303. The van der Waals surface area contributed by atoms with Crippen molar-refractivity contribution in [2.75, 3.05) is 17.2 Å². The molecule has 1 unspecified atom stereocenters. The van der Waals surface area contributed by atoms with Gasteiger partial charge in [0.25, 0.3) is 0 Å². The number of rotatable bonds is 2. The smallest absolute Gasteiger partial charge is 0.151 e. The summed E-state index contributed by atoms with van der Waals surface area (Å²) in [5.41, 5.74) is 5.81. The van der Waals surface area contributed by atoms with Crippen molar-refractivity contribution in [1.82, 2.24) is 0 Å². The fraction of sp³-hybridized carbons (Fsp3) is 0.400. The van der Waals surface area contributed by atoms with Gasteiger partial charge >= 0.3 is 0 Å². The van der Waals surface area contributed by atoms with Crippen molar-refractivity contribution >= 4 is 27.3 Å². The highest BCUT2D eigenvalue weighted by Gasteiger charge is 2.29. The Morgan fingerprint density at radius 3 is 2.75 bits per heavy atom. The van der Waals surface area contributed by atoms with Gasteiger partial charge in [-0.15, -0.1) is 11.8 Å². The normalized spacial score (nSPS) is 23.4. The first kappa shape index (κ1) is 11.7. The third kappa shape index (κ3) is 2.68. The molecule has 1 aliphatic heterocycles. The van der Waals surface area contributed by atoms with Crippen LogP contribution in [0.5, 0.6) is 0 Å². The lowest BCUT2D eigenvalue weighted by Gasteiger charge is -2.08. The summed E-state index contributed by atoms with van der Waals surface area (Å²) in [6, 6.07) is 4.47. The molecule has 1 aromatic rings. The van der Waals surface area contributed by atoms with Gasteiger partial charge in [0.1, 0.15) is 5.82 Å². The Labute approximate surface area is 98.1 Å². The van der Waals surface area contributed by atoms with Crippen molar-refractivity contribution in [2.24, 2.45) is 0 Å². The first-order chi connectivity index (χ1) is 7.46. The number of sulfone groups is 1. The highest BCUT2D eigenvalue weighted by molar-refractivity contribution is 8.01. The molecule has 1 atom stereocenters. The highest BCUT2D eigenvalue weighted by Crippen LogP contribution is 2.32. The molecule has 0 amide bonds. The number of nitrogens with two attached hydrogens (primary N) is 1. The van der Waals surface area contributed by atoms with Gasteiger partial charge in [-0.3, -0.25) is 0 Å². The Balaban J connectivity index is 2.11. The fourth-order valence-electron chi connectivity index (χ4n) is 1.65. The van der Waals surface area contributed by atoms with Crippen LogP contribution in [0.15, 0.2) is 23.1 Å². The Kier molecular flexibility index (Phi) is 3.12. The predicted octanol–water partition coefficient (Wildman–Crippen LogP) is 1.69. The molecule has 88 valence electrons. The van der Waals surface area contributed by atoms with Crippen LogP contribution in [0.1, 0.15) is 6.42 Å². The van der Waals surface area contributed by atoms with Crippen LogP contribution in [0, 0.1) is 5.82 Å². The third-order valence-corrected chi connectivity index (χ3v) is 5.74. The molecule has 0 saturated carbocycles. The number of hydrogen-bond acceptors (Lipinski definition) is 4. The van der Waals surface area contributed by atoms with Gasteiger partial charge in [-0.25, -0.2) is 12.8 Å². The minimum atomic E-state index is -2.90. The van der Waals surface area contributed by atoms with Crippen molar-refractivity contribution in [3.05, 3.63) is 24.0 Å². The lowest BCUT2D eigenvalue weighted by Crippen LogP contribution is -2.06. The van der Waals surface area contributed by atoms with Crippen LogP contribution in [0.2, 0.25) is 0 Å². The molecule has 1 aromatic carbocycles. The van der Waals surface area contributed by atoms with Crippen LogP contribution in [0.4, 0.5) is 10.1 Å². The van der Waals surface area contributed by atoms with Gasteiger partial charge in [-0.05, 0) is 24.6 Å². The zero-order valence-electron chi connectivity index (χ0n) is 8.52. The number of nitrogen functional groups attached to an aromatic ring is 1. The Morgan fingerprint density at radius 2 is 2.19 bits per heavy atom. The number of benzene rings is 1. The van der Waals surface area contributed by atoms with E-state index in [2.05, 4.69) is 0 Å². The SMILES string of the molecule is Nc1ccc(SC2CCS(=O)(=O)C2)c(F)c1. The molecule has 0 bridgehead atoms. The zero-order valence-corrected chi connectivity index (χ0v) is 10.2. The van der Waals surface area contributed by atoms with Crippen molar-refractivity contribution in [1.29, 1.82) is 0 Å². The Bertz CT molecular complexity index is 502. The molecule has 1 aliphatic rings. The molecular formula is C10H12FNO2S2. The summed E-state index contributed by atoms with van der Waals surface area (Å²) >= 11 is 1.28. The van der Waals surface area contributed by atoms with Crippen molar-refractivity contribution in [3.8, 4) is 0 Å². The molecule has 0 radical (unpaired) electrons. The first-order valence-corrected chi connectivity index (χ1v) is 7.58. The van der Waals surface area contributed by atoms with Gasteiger partial charge in [0.2, 0.25) is 0 Å². The minimum absolute atomic E-state index is 0.0388. The maximum atomic E-state index is 13.4. The summed E-state index contributed by atoms with van der Waals surface area (Å²) in [7, 11) is -2.90. The summed E-state index contributed by atoms with van der Waals surface area (Å²) in [6.07, 6.45) is 0.594. The van der Waals surface area contributed by atoms with E-state index in [0.717, 1.165) is 0 Å². The van der Waals surface area contributed by atoms with Crippen LogP contribution in [-0.4, -0.2) is 25.2 Å². The Hall–Kier alpha value is -0.750. The fourth-order valence-corrected chi connectivity index (χ4v) is 5.15. The number of hydrogen-bond donors (Lipinski definition) is 1. The van der Waals surface area contributed by atoms with E-state index in [1.807, 2.05) is 0 Å². The number of halogens is 1. The lowest BCUT2D eigenvalue weighted by molar-refractivity contribution is 0.600. The second-order valence-electron chi connectivity index (χ2n) is 3.83. The van der Waals surface area contributed by atoms with Crippen LogP contribution >= 0.6 is 11.8 Å². The minimum Gasteiger partial charge on any atom is -0.399 e. The predicted molar refractivity (Wildman–Crippen MR) is 63.7 cm³/mol. The van der Waals surface area contributed by atoms with Gasteiger partial charge in [0, 0.05) is 15.8 Å². The topological polar surface area (TPSA) is 60.2 Å². The molecular weight excluding hydrogens is 249 g/mol. The van der Waals surface area contributed by atoms with Crippen LogP contribution in [-0.2, 0) is 9.84 Å². The van der Waals surface area contributed by atoms with Crippen molar-refractivity contribution < 1.29 is 12.8 Å². The lowest BCUT2D eigenvalue weighted by atomic mass is 10.3. The monoisotopic (exact) mass is 261 g/mol. The third-order valence-electron chi connectivity index (χ3n) is 2.44. The van der Waals surface area contributed by atoms with Gasteiger partial charge < -0.3 is 5.73 Å². The average molecular weight is 261 g/mol. The van der Waals surface area contributed by atoms with Gasteiger partial charge in [-0.1, -0.05) is 0 Å². The largest absolute Gasteiger partial charge is 0.399 e. The molecule has 1 saturated heterocycles. The molecule has 6 heteroatoms. The number of anilines is 1. The van der Waals surface area contributed by atoms with Crippen LogP contribution in [0.3, 0.4) is 0 Å². The maximum absolute atomic E-state index is 13.4. The summed E-state index contributed by atoms with van der Waals surface area (Å²) in [5, 5.41) is -0.0388. The summed E-state index contributed by atoms with van der Waals surface area (Å²) < 4.78 is 35.9. The van der Waals surface area contributed by atoms with E-state index < -0.39 is 9.84 Å². The molecule has 3 nitrogen and oxygen atoms in total. The molecule has 16 heavy (non-hydrogen) atoms. The second-order valence-corrected chi connectivity index (χ2v) is 7.40. The van der Waals surface area contributed by atoms with E-state index in [4.69, 9.17) is 5.73 Å². The molecule has 0 spiro atoms. The van der Waals surface area contributed by atoms with E-state index in [1.54, 1.807) is 12.1 Å². The molecule has 2 rings (SSSR count). The molecule has 1 fully saturated rings. The zero-order chi connectivity index (χ0) is 11.8. The van der Waals surface area contributed by atoms with Gasteiger partial charge in [0.05, 0.1) is 11.5 Å². The van der Waals surface area contributed by atoms with Crippen LogP contribution in [0.25, 0.3) is 0 Å². The average Bonchev–Trinajstić information content (AvgIpc) is 2.51. The summed E-state index contributed by atoms with van der Waals surface area (Å²) in [4.78, 5) is 0.469. The molecule has 2 N–H and O–H groups in total. The second kappa shape index (κ2) is 4.25. The van der Waals surface area contributed by atoms with Gasteiger partial charge in [-0.2, -0.15) is 0 Å². The van der Waals surface area contributed by atoms with E-state index in [0.29, 0.717) is 17.0 Å². The Morgan fingerprint density at radius 1 is 1.44 bits per heavy atom. The van der Waals surface area contributed by atoms with Gasteiger partial charge in [0.15, 0.2) is 9.84 Å². The quantitative estimate of drug-likeness (QED) is 0.823. The van der Waals surface area contributed by atoms with E-state index in [-0.39, 0.29) is 22.6 Å². The van der Waals surface area contributed by atoms with E-state index in [1.165, 1.54) is 17.8 Å². The van der Waals surface area contributed by atoms with Crippen molar-refractivity contribution in [3.63, 3.8) is 0 Å². The highest BCUT2D eigenvalue weighted by atomic mass is 32.2. The van der Waals surface area contributed by atoms with E-state index >= 15 is 0 Å². The molecule has 1 heterocycles.